The number of benzene rings is 1. The fourth-order valence-electron chi connectivity index (χ4n) is 1.89. The van der Waals surface area contributed by atoms with E-state index in [9.17, 15) is 19.2 Å². The zero-order chi connectivity index (χ0) is 14.2. The molecule has 19 heavy (non-hydrogen) atoms. The summed E-state index contributed by atoms with van der Waals surface area (Å²) in [7, 11) is 0. The molecule has 2 rings (SSSR count). The molecule has 98 valence electrons. The third kappa shape index (κ3) is 2.30. The van der Waals surface area contributed by atoms with Crippen molar-refractivity contribution in [3.05, 3.63) is 29.3 Å². The average Bonchev–Trinajstić information content (AvgIpc) is 2.53. The number of nitrogens with two attached hydrogens (primary N) is 1. The van der Waals surface area contributed by atoms with Crippen LogP contribution in [0.2, 0.25) is 0 Å². The van der Waals surface area contributed by atoms with Crippen LogP contribution in [0.5, 0.6) is 0 Å². The summed E-state index contributed by atoms with van der Waals surface area (Å²) < 4.78 is 0. The number of rotatable bonds is 2. The molecule has 4 amide bonds. The maximum absolute atomic E-state index is 11.8. The molecule has 0 fully saturated rings. The molecule has 0 unspecified atom stereocenters. The van der Waals surface area contributed by atoms with Crippen LogP contribution in [-0.2, 0) is 9.59 Å². The highest BCUT2D eigenvalue weighted by Gasteiger charge is 2.36. The number of Topliss-reactive ketones (excluding diaryl/α,β-unsaturated/α-hetero) is 1. The molecule has 0 aliphatic carbocycles. The molecule has 0 radical (unpaired) electrons. The second-order valence-corrected chi connectivity index (χ2v) is 4.15. The van der Waals surface area contributed by atoms with E-state index in [4.69, 9.17) is 5.73 Å². The van der Waals surface area contributed by atoms with Crippen LogP contribution >= 0.6 is 0 Å². The SMILES string of the molecule is Cc1ccc2c(c1)C(=O)C(=O)N2CC(=O)NC(N)=O. The number of hydrogen-bond donors (Lipinski definition) is 2. The first-order chi connectivity index (χ1) is 8.90. The van der Waals surface area contributed by atoms with Crippen LogP contribution in [0.25, 0.3) is 0 Å². The van der Waals surface area contributed by atoms with E-state index in [2.05, 4.69) is 0 Å². The number of imide groups is 1. The highest BCUT2D eigenvalue weighted by Crippen LogP contribution is 2.29. The number of urea groups is 1. The number of carbonyl (C=O) groups excluding carboxylic acids is 4. The van der Waals surface area contributed by atoms with Crippen LogP contribution in [-0.4, -0.2) is 30.2 Å². The van der Waals surface area contributed by atoms with Gasteiger partial charge in [-0.05, 0) is 19.1 Å². The summed E-state index contributed by atoms with van der Waals surface area (Å²) in [5.41, 5.74) is 6.26. The third-order valence-corrected chi connectivity index (χ3v) is 2.69. The van der Waals surface area contributed by atoms with Gasteiger partial charge in [-0.25, -0.2) is 4.79 Å². The number of nitrogens with zero attached hydrogens (tertiary/aromatic N) is 1. The number of ketones is 1. The van der Waals surface area contributed by atoms with Gasteiger partial charge in [-0.15, -0.1) is 0 Å². The van der Waals surface area contributed by atoms with Gasteiger partial charge in [0, 0.05) is 0 Å². The molecule has 0 aromatic heterocycles. The molecule has 0 saturated carbocycles. The normalized spacial score (nSPS) is 13.4. The first-order valence-electron chi connectivity index (χ1n) is 5.46. The summed E-state index contributed by atoms with van der Waals surface area (Å²) in [5, 5.41) is 1.84. The Labute approximate surface area is 108 Å². The lowest BCUT2D eigenvalue weighted by Crippen LogP contribution is -2.44. The summed E-state index contributed by atoms with van der Waals surface area (Å²) in [6.07, 6.45) is 0. The van der Waals surface area contributed by atoms with Crippen molar-refractivity contribution in [2.24, 2.45) is 5.73 Å². The second-order valence-electron chi connectivity index (χ2n) is 4.15. The Kier molecular flexibility index (Phi) is 3.04. The molecule has 0 saturated heterocycles. The minimum absolute atomic E-state index is 0.261. The van der Waals surface area contributed by atoms with Crippen molar-refractivity contribution in [3.63, 3.8) is 0 Å². The number of carbonyl (C=O) groups is 4. The largest absolute Gasteiger partial charge is 0.351 e. The summed E-state index contributed by atoms with van der Waals surface area (Å²) in [4.78, 5) is 46.5. The fraction of sp³-hybridized carbons (Fsp3) is 0.167. The van der Waals surface area contributed by atoms with Gasteiger partial charge < -0.3 is 5.73 Å². The van der Waals surface area contributed by atoms with E-state index in [1.54, 1.807) is 25.1 Å². The monoisotopic (exact) mass is 261 g/mol. The first-order valence-corrected chi connectivity index (χ1v) is 5.46. The summed E-state index contributed by atoms with van der Waals surface area (Å²) >= 11 is 0. The third-order valence-electron chi connectivity index (χ3n) is 2.69. The van der Waals surface area contributed by atoms with Crippen molar-refractivity contribution >= 4 is 29.3 Å². The van der Waals surface area contributed by atoms with Crippen LogP contribution in [0.1, 0.15) is 15.9 Å². The molecular weight excluding hydrogens is 250 g/mol. The number of primary amides is 1. The number of hydrogen-bond acceptors (Lipinski definition) is 4. The molecule has 0 bridgehead atoms. The Balaban J connectivity index is 2.29. The minimum atomic E-state index is -1.01. The van der Waals surface area contributed by atoms with E-state index in [1.165, 1.54) is 0 Å². The molecule has 7 heteroatoms. The Morgan fingerprint density at radius 2 is 2.00 bits per heavy atom. The fourth-order valence-corrected chi connectivity index (χ4v) is 1.89. The van der Waals surface area contributed by atoms with Gasteiger partial charge in [-0.3, -0.25) is 24.6 Å². The molecule has 1 aromatic carbocycles. The van der Waals surface area contributed by atoms with Gasteiger partial charge in [0.05, 0.1) is 11.3 Å². The van der Waals surface area contributed by atoms with Gasteiger partial charge in [0.2, 0.25) is 5.91 Å². The maximum atomic E-state index is 11.8. The van der Waals surface area contributed by atoms with Crippen molar-refractivity contribution in [3.8, 4) is 0 Å². The number of fused-ring (bicyclic) bond motifs is 1. The van der Waals surface area contributed by atoms with Gasteiger partial charge in [0.1, 0.15) is 6.54 Å². The van der Waals surface area contributed by atoms with Gasteiger partial charge >= 0.3 is 6.03 Å². The van der Waals surface area contributed by atoms with Crippen LogP contribution in [0.4, 0.5) is 10.5 Å². The van der Waals surface area contributed by atoms with Gasteiger partial charge in [-0.1, -0.05) is 11.6 Å². The van der Waals surface area contributed by atoms with Crippen molar-refractivity contribution < 1.29 is 19.2 Å². The maximum Gasteiger partial charge on any atom is 0.318 e. The first kappa shape index (κ1) is 12.7. The second kappa shape index (κ2) is 4.52. The minimum Gasteiger partial charge on any atom is -0.351 e. The molecule has 1 aromatic rings. The predicted octanol–water partition coefficient (Wildman–Crippen LogP) is -0.281. The summed E-state index contributed by atoms with van der Waals surface area (Å²) in [6, 6.07) is 3.89. The molecule has 7 nitrogen and oxygen atoms in total. The number of aryl methyl sites for hydroxylation is 1. The van der Waals surface area contributed by atoms with Gasteiger partial charge in [-0.2, -0.15) is 0 Å². The molecular formula is C12H11N3O4. The van der Waals surface area contributed by atoms with Crippen molar-refractivity contribution in [1.29, 1.82) is 0 Å². The van der Waals surface area contributed by atoms with Crippen LogP contribution in [0, 0.1) is 6.92 Å². The average molecular weight is 261 g/mol. The van der Waals surface area contributed by atoms with Gasteiger partial charge in [0.25, 0.3) is 11.7 Å². The molecule has 1 heterocycles. The van der Waals surface area contributed by atoms with Crippen molar-refractivity contribution in [2.45, 2.75) is 6.92 Å². The zero-order valence-electron chi connectivity index (χ0n) is 10.1. The van der Waals surface area contributed by atoms with E-state index in [-0.39, 0.29) is 5.56 Å². The molecule has 1 aliphatic rings. The molecule has 3 N–H and O–H groups in total. The lowest BCUT2D eigenvalue weighted by Gasteiger charge is -2.15. The summed E-state index contributed by atoms with van der Waals surface area (Å²) in [6.45, 7) is 1.37. The van der Waals surface area contributed by atoms with E-state index >= 15 is 0 Å². The zero-order valence-corrected chi connectivity index (χ0v) is 10.1. The Morgan fingerprint density at radius 1 is 1.32 bits per heavy atom. The Morgan fingerprint density at radius 3 is 2.63 bits per heavy atom. The number of anilines is 1. The van der Waals surface area contributed by atoms with Crippen molar-refractivity contribution in [1.82, 2.24) is 5.32 Å². The van der Waals surface area contributed by atoms with Crippen molar-refractivity contribution in [2.75, 3.05) is 11.4 Å². The molecule has 0 atom stereocenters. The number of nitrogens with one attached hydrogen (secondary N) is 1. The lowest BCUT2D eigenvalue weighted by atomic mass is 10.1. The van der Waals surface area contributed by atoms with Crippen LogP contribution in [0.15, 0.2) is 18.2 Å². The molecule has 0 spiro atoms. The standard InChI is InChI=1S/C12H11N3O4/c1-6-2-3-8-7(4-6)10(17)11(18)15(8)5-9(16)14-12(13)19/h2-4H,5H2,1H3,(H3,13,14,16,19). The van der Waals surface area contributed by atoms with Gasteiger partial charge in [0.15, 0.2) is 0 Å². The highest BCUT2D eigenvalue weighted by atomic mass is 16.2. The van der Waals surface area contributed by atoms with E-state index in [0.717, 1.165) is 10.5 Å². The summed E-state index contributed by atoms with van der Waals surface area (Å²) in [5.74, 6) is -2.20. The van der Waals surface area contributed by atoms with E-state index in [0.29, 0.717) is 5.69 Å². The Bertz CT molecular complexity index is 609. The van der Waals surface area contributed by atoms with Crippen LogP contribution in [0.3, 0.4) is 0 Å². The number of amides is 4. The predicted molar refractivity (Wildman–Crippen MR) is 65.6 cm³/mol. The highest BCUT2D eigenvalue weighted by molar-refractivity contribution is 6.52. The topological polar surface area (TPSA) is 110 Å². The van der Waals surface area contributed by atoms with E-state index < -0.39 is 30.2 Å². The Hall–Kier alpha value is -2.70. The quantitative estimate of drug-likeness (QED) is 0.713. The van der Waals surface area contributed by atoms with E-state index in [1.807, 2.05) is 5.32 Å². The molecule has 1 aliphatic heterocycles. The lowest BCUT2D eigenvalue weighted by molar-refractivity contribution is -0.121. The smallest absolute Gasteiger partial charge is 0.318 e. The van der Waals surface area contributed by atoms with Crippen LogP contribution < -0.4 is 16.0 Å².